The number of rotatable bonds is 8. The normalized spacial score (nSPS) is 21.1. The second-order valence-electron chi connectivity index (χ2n) is 10.5. The number of fused-ring (bicyclic) bond motifs is 1. The van der Waals surface area contributed by atoms with Crippen molar-refractivity contribution in [2.45, 2.75) is 70.4 Å². The molecule has 1 aliphatic carbocycles. The number of hydrogen-bond donors (Lipinski definition) is 0. The first-order valence-corrected chi connectivity index (χ1v) is 13.1. The number of aromatic nitrogens is 2. The molecule has 0 saturated heterocycles. The first kappa shape index (κ1) is 26.6. The molecule has 36 heavy (non-hydrogen) atoms. The van der Waals surface area contributed by atoms with E-state index in [1.807, 2.05) is 6.07 Å². The third-order valence-corrected chi connectivity index (χ3v) is 7.92. The van der Waals surface area contributed by atoms with Crippen molar-refractivity contribution in [1.29, 1.82) is 0 Å². The maximum Gasteiger partial charge on any atom is 0.389 e. The zero-order valence-electron chi connectivity index (χ0n) is 21.0. The fourth-order valence-corrected chi connectivity index (χ4v) is 5.61. The monoisotopic (exact) mass is 503 g/mol. The van der Waals surface area contributed by atoms with Gasteiger partial charge in [-0.2, -0.15) is 13.2 Å². The Kier molecular flexibility index (Phi) is 8.65. The van der Waals surface area contributed by atoms with Crippen LogP contribution in [0.25, 0.3) is 0 Å². The zero-order valence-corrected chi connectivity index (χ0v) is 21.0. The molecule has 0 amide bonds. The van der Waals surface area contributed by atoms with Gasteiger partial charge in [-0.15, -0.1) is 0 Å². The summed E-state index contributed by atoms with van der Waals surface area (Å²) in [4.78, 5) is 31.5. The van der Waals surface area contributed by atoms with E-state index in [0.717, 1.165) is 75.8 Å². The van der Waals surface area contributed by atoms with Gasteiger partial charge >= 0.3 is 6.18 Å². The average Bonchev–Trinajstić information content (AvgIpc) is 3.05. The van der Waals surface area contributed by atoms with Crippen LogP contribution in [-0.4, -0.2) is 46.0 Å². The van der Waals surface area contributed by atoms with Gasteiger partial charge in [0.15, 0.2) is 5.78 Å². The lowest BCUT2D eigenvalue weighted by Gasteiger charge is -2.30. The highest BCUT2D eigenvalue weighted by Crippen LogP contribution is 2.33. The molecule has 0 radical (unpaired) electrons. The lowest BCUT2D eigenvalue weighted by atomic mass is 9.78. The van der Waals surface area contributed by atoms with Crippen LogP contribution in [0.15, 0.2) is 35.1 Å². The Balaban J connectivity index is 1.19. The highest BCUT2D eigenvalue weighted by atomic mass is 19.4. The SMILES string of the molecule is Cn1c(C(=O)CC2CCC(CCN3CCc4ccc(CCC(F)(F)F)nc4CC3)CC2)cccc1=O. The minimum absolute atomic E-state index is 0.0537. The van der Waals surface area contributed by atoms with Gasteiger partial charge in [-0.05, 0) is 68.2 Å². The van der Waals surface area contributed by atoms with E-state index < -0.39 is 12.6 Å². The summed E-state index contributed by atoms with van der Waals surface area (Å²) in [7, 11) is 1.65. The van der Waals surface area contributed by atoms with Crippen molar-refractivity contribution in [3.05, 3.63) is 63.3 Å². The van der Waals surface area contributed by atoms with Gasteiger partial charge in [-0.25, -0.2) is 0 Å². The highest BCUT2D eigenvalue weighted by molar-refractivity contribution is 5.94. The Morgan fingerprint density at radius 2 is 1.75 bits per heavy atom. The van der Waals surface area contributed by atoms with Crippen LogP contribution in [0.5, 0.6) is 0 Å². The summed E-state index contributed by atoms with van der Waals surface area (Å²) < 4.78 is 39.1. The molecule has 0 aromatic carbocycles. The molecule has 1 saturated carbocycles. The Bertz CT molecular complexity index is 1100. The summed E-state index contributed by atoms with van der Waals surface area (Å²) in [6.45, 7) is 2.87. The molecule has 0 N–H and O–H groups in total. The quantitative estimate of drug-likeness (QED) is 0.468. The summed E-state index contributed by atoms with van der Waals surface area (Å²) in [5.41, 5.74) is 2.99. The van der Waals surface area contributed by atoms with Crippen molar-refractivity contribution < 1.29 is 18.0 Å². The van der Waals surface area contributed by atoms with Crippen LogP contribution in [0.3, 0.4) is 0 Å². The molecular weight excluding hydrogens is 467 g/mol. The Labute approximate surface area is 210 Å². The number of pyridine rings is 2. The van der Waals surface area contributed by atoms with Crippen molar-refractivity contribution in [3.63, 3.8) is 0 Å². The molecule has 4 rings (SSSR count). The van der Waals surface area contributed by atoms with E-state index in [1.165, 1.54) is 10.6 Å². The molecular formula is C28H36F3N3O2. The number of Topliss-reactive ketones (excluding diaryl/α,β-unsaturated/α-hetero) is 1. The van der Waals surface area contributed by atoms with Gasteiger partial charge in [-0.1, -0.05) is 25.0 Å². The lowest BCUT2D eigenvalue weighted by Crippen LogP contribution is -2.30. The van der Waals surface area contributed by atoms with Crippen LogP contribution in [0.2, 0.25) is 0 Å². The van der Waals surface area contributed by atoms with Crippen LogP contribution in [0.1, 0.15) is 72.4 Å². The standard InChI is InChI=1S/C28H36F3N3O2/c1-33-25(3-2-4-27(33)36)26(35)19-21-7-5-20(6-8-21)12-16-34-17-13-22-9-10-23(11-15-28(29,30)31)32-24(22)14-18-34/h2-4,9-10,20-21H,5-8,11-19H2,1H3. The van der Waals surface area contributed by atoms with Gasteiger partial charge in [0.25, 0.3) is 5.56 Å². The van der Waals surface area contributed by atoms with Crippen LogP contribution >= 0.6 is 0 Å². The topological polar surface area (TPSA) is 55.2 Å². The van der Waals surface area contributed by atoms with Gasteiger partial charge in [0.05, 0.1) is 5.69 Å². The Hall–Kier alpha value is -2.48. The number of ketones is 1. The molecule has 3 heterocycles. The van der Waals surface area contributed by atoms with Crippen molar-refractivity contribution in [2.24, 2.45) is 18.9 Å². The molecule has 8 heteroatoms. The molecule has 0 unspecified atom stereocenters. The van der Waals surface area contributed by atoms with Crippen LogP contribution in [0.4, 0.5) is 13.2 Å². The summed E-state index contributed by atoms with van der Waals surface area (Å²) in [6.07, 6.45) is 2.63. The maximum absolute atomic E-state index is 12.7. The number of carbonyl (C=O) groups is 1. The fourth-order valence-electron chi connectivity index (χ4n) is 5.61. The van der Waals surface area contributed by atoms with Crippen LogP contribution in [-0.2, 0) is 26.3 Å². The van der Waals surface area contributed by atoms with E-state index in [0.29, 0.717) is 29.6 Å². The van der Waals surface area contributed by atoms with E-state index in [2.05, 4.69) is 9.88 Å². The summed E-state index contributed by atoms with van der Waals surface area (Å²) in [6, 6.07) is 8.57. The number of carbonyl (C=O) groups excluding carboxylic acids is 1. The number of nitrogens with zero attached hydrogens (tertiary/aromatic N) is 3. The number of halogens is 3. The van der Waals surface area contributed by atoms with Crippen LogP contribution < -0.4 is 5.56 Å². The first-order chi connectivity index (χ1) is 17.2. The molecule has 0 bridgehead atoms. The Morgan fingerprint density at radius 1 is 1.03 bits per heavy atom. The number of aryl methyl sites for hydroxylation is 1. The van der Waals surface area contributed by atoms with Crippen molar-refractivity contribution in [1.82, 2.24) is 14.5 Å². The summed E-state index contributed by atoms with van der Waals surface area (Å²) >= 11 is 0. The van der Waals surface area contributed by atoms with Gasteiger partial charge < -0.3 is 9.47 Å². The highest BCUT2D eigenvalue weighted by Gasteiger charge is 2.27. The molecule has 0 spiro atoms. The third-order valence-electron chi connectivity index (χ3n) is 7.92. The Morgan fingerprint density at radius 3 is 2.50 bits per heavy atom. The minimum Gasteiger partial charge on any atom is -0.309 e. The predicted octanol–water partition coefficient (Wildman–Crippen LogP) is 5.15. The lowest BCUT2D eigenvalue weighted by molar-refractivity contribution is -0.134. The van der Waals surface area contributed by atoms with E-state index in [1.54, 1.807) is 25.2 Å². The third kappa shape index (κ3) is 7.28. The van der Waals surface area contributed by atoms with Crippen molar-refractivity contribution >= 4 is 5.78 Å². The largest absolute Gasteiger partial charge is 0.389 e. The van der Waals surface area contributed by atoms with E-state index in [4.69, 9.17) is 0 Å². The second kappa shape index (κ2) is 11.7. The van der Waals surface area contributed by atoms with E-state index in [-0.39, 0.29) is 17.8 Å². The molecule has 2 aromatic heterocycles. The fraction of sp³-hybridized carbons (Fsp3) is 0.607. The molecule has 1 fully saturated rings. The molecule has 1 aliphatic heterocycles. The molecule has 0 atom stereocenters. The molecule has 196 valence electrons. The molecule has 2 aliphatic rings. The predicted molar refractivity (Wildman–Crippen MR) is 133 cm³/mol. The minimum atomic E-state index is -4.15. The first-order valence-electron chi connectivity index (χ1n) is 13.1. The van der Waals surface area contributed by atoms with Crippen LogP contribution in [0, 0.1) is 11.8 Å². The van der Waals surface area contributed by atoms with E-state index >= 15 is 0 Å². The molecule has 2 aromatic rings. The zero-order chi connectivity index (χ0) is 25.7. The maximum atomic E-state index is 12.7. The van der Waals surface area contributed by atoms with Gasteiger partial charge in [0.1, 0.15) is 0 Å². The average molecular weight is 504 g/mol. The smallest absolute Gasteiger partial charge is 0.309 e. The van der Waals surface area contributed by atoms with Gasteiger partial charge in [-0.3, -0.25) is 14.6 Å². The summed E-state index contributed by atoms with van der Waals surface area (Å²) in [5.74, 6) is 1.10. The number of alkyl halides is 3. The van der Waals surface area contributed by atoms with Crippen molar-refractivity contribution in [3.8, 4) is 0 Å². The summed E-state index contributed by atoms with van der Waals surface area (Å²) in [5, 5.41) is 0. The second-order valence-corrected chi connectivity index (χ2v) is 10.5. The van der Waals surface area contributed by atoms with Gasteiger partial charge in [0.2, 0.25) is 0 Å². The molecule has 5 nitrogen and oxygen atoms in total. The van der Waals surface area contributed by atoms with E-state index in [9.17, 15) is 22.8 Å². The van der Waals surface area contributed by atoms with Crippen molar-refractivity contribution in [2.75, 3.05) is 19.6 Å². The van der Waals surface area contributed by atoms with Gasteiger partial charge in [0, 0.05) is 56.9 Å². The number of hydrogen-bond acceptors (Lipinski definition) is 4.